The SMILES string of the molecule is CN(C)c1ccc2c(c1)SCCc1c-2[nH]c(=O)c(C(=O)O)c1O. The van der Waals surface area contributed by atoms with Crippen LogP contribution in [0.2, 0.25) is 0 Å². The number of nitrogens with one attached hydrogen (secondary N) is 1. The Hall–Kier alpha value is -2.41. The van der Waals surface area contributed by atoms with Gasteiger partial charge in [0.05, 0.1) is 5.69 Å². The van der Waals surface area contributed by atoms with Gasteiger partial charge >= 0.3 is 5.97 Å². The first-order valence-electron chi connectivity index (χ1n) is 7.06. The van der Waals surface area contributed by atoms with E-state index in [1.807, 2.05) is 37.2 Å². The molecule has 2 heterocycles. The molecule has 0 saturated heterocycles. The van der Waals surface area contributed by atoms with Crippen LogP contribution in [0.1, 0.15) is 15.9 Å². The zero-order valence-corrected chi connectivity index (χ0v) is 13.5. The fourth-order valence-electron chi connectivity index (χ4n) is 2.68. The summed E-state index contributed by atoms with van der Waals surface area (Å²) in [4.78, 5) is 28.8. The van der Waals surface area contributed by atoms with Gasteiger partial charge in [-0.3, -0.25) is 4.79 Å². The molecule has 0 saturated carbocycles. The Morgan fingerprint density at radius 3 is 2.74 bits per heavy atom. The third kappa shape index (κ3) is 2.57. The van der Waals surface area contributed by atoms with Gasteiger partial charge in [0.25, 0.3) is 5.56 Å². The zero-order chi connectivity index (χ0) is 16.7. The first-order chi connectivity index (χ1) is 10.9. The largest absolute Gasteiger partial charge is 0.506 e. The van der Waals surface area contributed by atoms with E-state index in [1.165, 1.54) is 0 Å². The lowest BCUT2D eigenvalue weighted by molar-refractivity contribution is 0.0691. The number of aromatic hydroxyl groups is 1. The van der Waals surface area contributed by atoms with Crippen LogP contribution < -0.4 is 10.5 Å². The van der Waals surface area contributed by atoms with Crippen molar-refractivity contribution in [3.05, 3.63) is 39.7 Å². The van der Waals surface area contributed by atoms with Crippen LogP contribution in [-0.2, 0) is 6.42 Å². The van der Waals surface area contributed by atoms with Gasteiger partial charge in [-0.1, -0.05) is 0 Å². The molecule has 0 radical (unpaired) electrons. The van der Waals surface area contributed by atoms with Crippen LogP contribution in [0.3, 0.4) is 0 Å². The van der Waals surface area contributed by atoms with Crippen LogP contribution >= 0.6 is 11.8 Å². The van der Waals surface area contributed by atoms with Crippen molar-refractivity contribution in [2.75, 3.05) is 24.7 Å². The predicted molar refractivity (Wildman–Crippen MR) is 89.9 cm³/mol. The number of carboxylic acids is 1. The van der Waals surface area contributed by atoms with E-state index >= 15 is 0 Å². The van der Waals surface area contributed by atoms with E-state index in [-0.39, 0.29) is 0 Å². The molecule has 0 unspecified atom stereocenters. The van der Waals surface area contributed by atoms with Crippen molar-refractivity contribution in [2.24, 2.45) is 0 Å². The molecule has 6 nitrogen and oxygen atoms in total. The highest BCUT2D eigenvalue weighted by molar-refractivity contribution is 7.99. The lowest BCUT2D eigenvalue weighted by Gasteiger charge is -2.16. The highest BCUT2D eigenvalue weighted by atomic mass is 32.2. The fraction of sp³-hybridized carbons (Fsp3) is 0.250. The number of aromatic nitrogens is 1. The molecule has 0 fully saturated rings. The predicted octanol–water partition coefficient (Wildman–Crippen LogP) is 2.16. The number of anilines is 1. The quantitative estimate of drug-likeness (QED) is 0.780. The van der Waals surface area contributed by atoms with Crippen LogP contribution in [0.15, 0.2) is 27.9 Å². The van der Waals surface area contributed by atoms with E-state index in [9.17, 15) is 14.7 Å². The van der Waals surface area contributed by atoms with Gasteiger partial charge in [-0.2, -0.15) is 0 Å². The van der Waals surface area contributed by atoms with Crippen LogP contribution in [-0.4, -0.2) is 41.0 Å². The standard InChI is InChI=1S/C16H16N2O4S/c1-18(2)8-3-4-9-11(7-8)23-6-5-10-13(9)17-15(20)12(14(10)19)16(21)22/h3-4,7H,5-6H2,1-2H3,(H,21,22)(H2,17,19,20). The molecule has 0 bridgehead atoms. The van der Waals surface area contributed by atoms with Gasteiger partial charge in [0, 0.05) is 41.6 Å². The van der Waals surface area contributed by atoms with Gasteiger partial charge < -0.3 is 20.1 Å². The Kier molecular flexibility index (Phi) is 3.81. The van der Waals surface area contributed by atoms with E-state index in [0.717, 1.165) is 16.1 Å². The van der Waals surface area contributed by atoms with Gasteiger partial charge in [-0.05, 0) is 24.6 Å². The molecule has 7 heteroatoms. The average Bonchev–Trinajstić information content (AvgIpc) is 2.66. The third-order valence-electron chi connectivity index (χ3n) is 3.86. The minimum atomic E-state index is -1.42. The summed E-state index contributed by atoms with van der Waals surface area (Å²) in [6.07, 6.45) is 0.481. The van der Waals surface area contributed by atoms with Gasteiger partial charge in [-0.15, -0.1) is 11.8 Å². The topological polar surface area (TPSA) is 93.6 Å². The van der Waals surface area contributed by atoms with Crippen molar-refractivity contribution in [1.82, 2.24) is 4.98 Å². The number of pyridine rings is 1. The number of H-pyrrole nitrogens is 1. The minimum Gasteiger partial charge on any atom is -0.506 e. The van der Waals surface area contributed by atoms with Gasteiger partial charge in [0.1, 0.15) is 5.75 Å². The van der Waals surface area contributed by atoms with Gasteiger partial charge in [-0.25, -0.2) is 4.79 Å². The van der Waals surface area contributed by atoms with Crippen LogP contribution in [0, 0.1) is 0 Å². The molecule has 120 valence electrons. The van der Waals surface area contributed by atoms with Crippen LogP contribution in [0.4, 0.5) is 5.69 Å². The highest BCUT2D eigenvalue weighted by Gasteiger charge is 2.25. The van der Waals surface area contributed by atoms with E-state index in [1.54, 1.807) is 11.8 Å². The first kappa shape index (κ1) is 15.5. The summed E-state index contributed by atoms with van der Waals surface area (Å²) in [6.45, 7) is 0. The monoisotopic (exact) mass is 332 g/mol. The molecule has 2 aromatic rings. The lowest BCUT2D eigenvalue weighted by Crippen LogP contribution is -2.20. The summed E-state index contributed by atoms with van der Waals surface area (Å²) < 4.78 is 0. The smallest absolute Gasteiger partial charge is 0.345 e. The van der Waals surface area contributed by atoms with Crippen molar-refractivity contribution in [3.8, 4) is 17.0 Å². The molecule has 3 N–H and O–H groups in total. The van der Waals surface area contributed by atoms with Crippen molar-refractivity contribution in [1.29, 1.82) is 0 Å². The summed E-state index contributed by atoms with van der Waals surface area (Å²) in [6, 6.07) is 5.84. The van der Waals surface area contributed by atoms with E-state index in [4.69, 9.17) is 5.11 Å². The number of carbonyl (C=O) groups is 1. The molecule has 23 heavy (non-hydrogen) atoms. The molecule has 0 aliphatic carbocycles. The maximum atomic E-state index is 12.0. The number of rotatable bonds is 2. The number of hydrogen-bond donors (Lipinski definition) is 3. The van der Waals surface area contributed by atoms with E-state index in [0.29, 0.717) is 23.4 Å². The Labute approximate surface area is 136 Å². The van der Waals surface area contributed by atoms with Crippen molar-refractivity contribution in [3.63, 3.8) is 0 Å². The number of fused-ring (bicyclic) bond motifs is 3. The van der Waals surface area contributed by atoms with Crippen LogP contribution in [0.5, 0.6) is 5.75 Å². The number of nitrogens with zero attached hydrogens (tertiary/aromatic N) is 1. The molecule has 1 aromatic heterocycles. The Balaban J connectivity index is 2.27. The summed E-state index contributed by atoms with van der Waals surface area (Å²) in [7, 11) is 3.90. The third-order valence-corrected chi connectivity index (χ3v) is 4.92. The molecule has 0 amide bonds. The molecule has 3 rings (SSSR count). The fourth-order valence-corrected chi connectivity index (χ4v) is 3.73. The number of benzene rings is 1. The van der Waals surface area contributed by atoms with Crippen molar-refractivity contribution >= 4 is 23.4 Å². The highest BCUT2D eigenvalue weighted by Crippen LogP contribution is 2.41. The Morgan fingerprint density at radius 2 is 2.09 bits per heavy atom. The maximum absolute atomic E-state index is 12.0. The summed E-state index contributed by atoms with van der Waals surface area (Å²) in [5, 5.41) is 19.4. The molecule has 1 aliphatic heterocycles. The molecular weight excluding hydrogens is 316 g/mol. The number of aromatic carboxylic acids is 1. The average molecular weight is 332 g/mol. The van der Waals surface area contributed by atoms with E-state index in [2.05, 4.69) is 4.98 Å². The number of carboxylic acid groups (broad SMARTS) is 1. The van der Waals surface area contributed by atoms with Gasteiger partial charge in [0.15, 0.2) is 5.56 Å². The van der Waals surface area contributed by atoms with Crippen molar-refractivity contribution in [2.45, 2.75) is 11.3 Å². The molecular formula is C16H16N2O4S. The van der Waals surface area contributed by atoms with Gasteiger partial charge in [0.2, 0.25) is 0 Å². The first-order valence-corrected chi connectivity index (χ1v) is 8.04. The second-order valence-corrected chi connectivity index (χ2v) is 6.65. The maximum Gasteiger partial charge on any atom is 0.345 e. The summed E-state index contributed by atoms with van der Waals surface area (Å²) in [5.41, 5.74) is 1.44. The second-order valence-electron chi connectivity index (χ2n) is 5.51. The Bertz CT molecular complexity index is 858. The zero-order valence-electron chi connectivity index (χ0n) is 12.7. The molecule has 1 aromatic carbocycles. The minimum absolute atomic E-state index is 0.429. The Morgan fingerprint density at radius 1 is 1.35 bits per heavy atom. The summed E-state index contributed by atoms with van der Waals surface area (Å²) >= 11 is 1.62. The summed E-state index contributed by atoms with van der Waals surface area (Å²) in [5.74, 6) is -1.16. The number of hydrogen-bond acceptors (Lipinski definition) is 5. The number of thioether (sulfide) groups is 1. The second kappa shape index (κ2) is 5.66. The van der Waals surface area contributed by atoms with E-state index < -0.39 is 22.8 Å². The molecule has 0 atom stereocenters. The van der Waals surface area contributed by atoms with Crippen molar-refractivity contribution < 1.29 is 15.0 Å². The lowest BCUT2D eigenvalue weighted by atomic mass is 10.0. The molecule has 0 spiro atoms. The number of aromatic amines is 1. The normalized spacial score (nSPS) is 13.0. The molecule has 1 aliphatic rings. The van der Waals surface area contributed by atoms with Crippen LogP contribution in [0.25, 0.3) is 11.3 Å².